The molecule has 4 rings (SSSR count). The zero-order valence-corrected chi connectivity index (χ0v) is 15.7. The van der Waals surface area contributed by atoms with Crippen LogP contribution in [0, 0.1) is 0 Å². The molecule has 0 radical (unpaired) electrons. The van der Waals surface area contributed by atoms with Gasteiger partial charge in [-0.25, -0.2) is 4.79 Å². The SMILES string of the molecule is O=C(NC1CC1)c1ccc(NC(=O)N2CCC[C@@H]2c2cccc(Cl)c2)cc1. The molecule has 2 N–H and O–H groups in total. The van der Waals surface area contributed by atoms with Gasteiger partial charge in [0.1, 0.15) is 0 Å². The van der Waals surface area contributed by atoms with Crippen LogP contribution in [-0.2, 0) is 0 Å². The number of carbonyl (C=O) groups excluding carboxylic acids is 2. The molecule has 2 aromatic rings. The zero-order chi connectivity index (χ0) is 18.8. The molecular formula is C21H22ClN3O2. The first-order valence-corrected chi connectivity index (χ1v) is 9.72. The molecule has 2 fully saturated rings. The Hall–Kier alpha value is -2.53. The zero-order valence-electron chi connectivity index (χ0n) is 15.0. The second kappa shape index (κ2) is 7.61. The van der Waals surface area contributed by atoms with E-state index in [1.54, 1.807) is 24.3 Å². The Morgan fingerprint density at radius 1 is 1.04 bits per heavy atom. The number of likely N-dealkylation sites (tertiary alicyclic amines) is 1. The Balaban J connectivity index is 1.41. The lowest BCUT2D eigenvalue weighted by atomic mass is 10.1. The van der Waals surface area contributed by atoms with Gasteiger partial charge in [0, 0.05) is 28.9 Å². The number of rotatable bonds is 4. The van der Waals surface area contributed by atoms with Crippen molar-refractivity contribution < 1.29 is 9.59 Å². The predicted octanol–water partition coefficient (Wildman–Crippen LogP) is 4.60. The lowest BCUT2D eigenvalue weighted by Crippen LogP contribution is -2.34. The summed E-state index contributed by atoms with van der Waals surface area (Å²) < 4.78 is 0. The number of amides is 3. The molecule has 3 amide bonds. The summed E-state index contributed by atoms with van der Waals surface area (Å²) in [5, 5.41) is 6.58. The van der Waals surface area contributed by atoms with E-state index in [-0.39, 0.29) is 18.0 Å². The van der Waals surface area contributed by atoms with Crippen LogP contribution >= 0.6 is 11.6 Å². The molecule has 0 unspecified atom stereocenters. The van der Waals surface area contributed by atoms with Gasteiger partial charge in [-0.1, -0.05) is 23.7 Å². The predicted molar refractivity (Wildman–Crippen MR) is 106 cm³/mol. The summed E-state index contributed by atoms with van der Waals surface area (Å²) >= 11 is 6.10. The number of urea groups is 1. The number of halogens is 1. The topological polar surface area (TPSA) is 61.4 Å². The smallest absolute Gasteiger partial charge is 0.322 e. The molecule has 1 saturated carbocycles. The molecule has 1 aliphatic heterocycles. The van der Waals surface area contributed by atoms with Gasteiger partial charge in [-0.15, -0.1) is 0 Å². The van der Waals surface area contributed by atoms with Crippen LogP contribution in [0.25, 0.3) is 0 Å². The van der Waals surface area contributed by atoms with Gasteiger partial charge in [0.05, 0.1) is 6.04 Å². The first-order valence-electron chi connectivity index (χ1n) is 9.34. The van der Waals surface area contributed by atoms with Crippen molar-refractivity contribution in [3.63, 3.8) is 0 Å². The van der Waals surface area contributed by atoms with E-state index in [0.29, 0.717) is 28.9 Å². The fourth-order valence-corrected chi connectivity index (χ4v) is 3.67. The second-order valence-electron chi connectivity index (χ2n) is 7.16. The molecule has 27 heavy (non-hydrogen) atoms. The van der Waals surface area contributed by atoms with Crippen LogP contribution in [0.15, 0.2) is 48.5 Å². The van der Waals surface area contributed by atoms with E-state index in [4.69, 9.17) is 11.6 Å². The van der Waals surface area contributed by atoms with Crippen LogP contribution < -0.4 is 10.6 Å². The summed E-state index contributed by atoms with van der Waals surface area (Å²) in [4.78, 5) is 26.7. The summed E-state index contributed by atoms with van der Waals surface area (Å²) in [6.45, 7) is 0.713. The molecule has 1 aliphatic carbocycles. The number of hydrogen-bond donors (Lipinski definition) is 2. The molecule has 2 aromatic carbocycles. The van der Waals surface area contributed by atoms with Crippen molar-refractivity contribution in [1.29, 1.82) is 0 Å². The van der Waals surface area contributed by atoms with Gasteiger partial charge in [0.2, 0.25) is 0 Å². The van der Waals surface area contributed by atoms with Gasteiger partial charge in [0.15, 0.2) is 0 Å². The lowest BCUT2D eigenvalue weighted by Gasteiger charge is -2.25. The van der Waals surface area contributed by atoms with Gasteiger partial charge in [-0.3, -0.25) is 4.79 Å². The van der Waals surface area contributed by atoms with E-state index in [0.717, 1.165) is 31.2 Å². The minimum absolute atomic E-state index is 0.0345. The summed E-state index contributed by atoms with van der Waals surface area (Å²) in [5.41, 5.74) is 2.35. The Morgan fingerprint density at radius 2 is 1.81 bits per heavy atom. The van der Waals surface area contributed by atoms with Gasteiger partial charge in [-0.05, 0) is 67.6 Å². The lowest BCUT2D eigenvalue weighted by molar-refractivity contribution is 0.0951. The number of nitrogens with one attached hydrogen (secondary N) is 2. The minimum atomic E-state index is -0.132. The van der Waals surface area contributed by atoms with Gasteiger partial charge < -0.3 is 15.5 Å². The first-order chi connectivity index (χ1) is 13.1. The van der Waals surface area contributed by atoms with E-state index in [1.165, 1.54) is 0 Å². The van der Waals surface area contributed by atoms with Crippen molar-refractivity contribution in [3.8, 4) is 0 Å². The number of nitrogens with zero attached hydrogens (tertiary/aromatic N) is 1. The Kier molecular flexibility index (Phi) is 5.03. The Bertz CT molecular complexity index is 849. The van der Waals surface area contributed by atoms with Crippen molar-refractivity contribution >= 4 is 29.2 Å². The van der Waals surface area contributed by atoms with Gasteiger partial charge >= 0.3 is 6.03 Å². The maximum absolute atomic E-state index is 12.8. The summed E-state index contributed by atoms with van der Waals surface area (Å²) in [6, 6.07) is 14.9. The standard InChI is InChI=1S/C21H22ClN3O2/c22-16-4-1-3-15(13-16)19-5-2-12-25(19)21(27)24-18-8-6-14(7-9-18)20(26)23-17-10-11-17/h1,3-4,6-9,13,17,19H,2,5,10-12H2,(H,23,26)(H,24,27)/t19-/m1/s1. The molecule has 0 aromatic heterocycles. The van der Waals surface area contributed by atoms with Gasteiger partial charge in [-0.2, -0.15) is 0 Å². The van der Waals surface area contributed by atoms with Crippen molar-refractivity contribution in [2.24, 2.45) is 0 Å². The van der Waals surface area contributed by atoms with Crippen molar-refractivity contribution in [1.82, 2.24) is 10.2 Å². The van der Waals surface area contributed by atoms with Crippen LogP contribution in [0.1, 0.15) is 47.6 Å². The largest absolute Gasteiger partial charge is 0.349 e. The molecule has 1 atom stereocenters. The number of anilines is 1. The van der Waals surface area contributed by atoms with Crippen LogP contribution in [0.4, 0.5) is 10.5 Å². The fourth-order valence-electron chi connectivity index (χ4n) is 3.47. The third-order valence-electron chi connectivity index (χ3n) is 5.06. The first kappa shape index (κ1) is 17.9. The highest BCUT2D eigenvalue weighted by atomic mass is 35.5. The molecule has 140 valence electrons. The molecule has 1 saturated heterocycles. The molecular weight excluding hydrogens is 362 g/mol. The Morgan fingerprint density at radius 3 is 2.52 bits per heavy atom. The van der Waals surface area contributed by atoms with Gasteiger partial charge in [0.25, 0.3) is 5.91 Å². The highest BCUT2D eigenvalue weighted by Gasteiger charge is 2.30. The van der Waals surface area contributed by atoms with E-state index >= 15 is 0 Å². The third kappa shape index (κ3) is 4.25. The normalized spacial score (nSPS) is 19.0. The van der Waals surface area contributed by atoms with Crippen molar-refractivity contribution in [2.75, 3.05) is 11.9 Å². The highest BCUT2D eigenvalue weighted by molar-refractivity contribution is 6.30. The van der Waals surface area contributed by atoms with E-state index < -0.39 is 0 Å². The van der Waals surface area contributed by atoms with E-state index in [9.17, 15) is 9.59 Å². The third-order valence-corrected chi connectivity index (χ3v) is 5.29. The van der Waals surface area contributed by atoms with Crippen LogP contribution in [-0.4, -0.2) is 29.4 Å². The van der Waals surface area contributed by atoms with Crippen LogP contribution in [0.2, 0.25) is 5.02 Å². The molecule has 6 heteroatoms. The average molecular weight is 384 g/mol. The Labute approximate surface area is 163 Å². The van der Waals surface area contributed by atoms with Crippen LogP contribution in [0.5, 0.6) is 0 Å². The quantitative estimate of drug-likeness (QED) is 0.810. The molecule has 2 aliphatic rings. The minimum Gasteiger partial charge on any atom is -0.349 e. The summed E-state index contributed by atoms with van der Waals surface area (Å²) in [6.07, 6.45) is 4.01. The highest BCUT2D eigenvalue weighted by Crippen LogP contribution is 2.33. The molecule has 0 bridgehead atoms. The average Bonchev–Trinajstić information content (AvgIpc) is 3.33. The molecule has 5 nitrogen and oxygen atoms in total. The monoisotopic (exact) mass is 383 g/mol. The van der Waals surface area contributed by atoms with Crippen LogP contribution in [0.3, 0.4) is 0 Å². The van der Waals surface area contributed by atoms with Crippen molar-refractivity contribution in [3.05, 3.63) is 64.7 Å². The van der Waals surface area contributed by atoms with E-state index in [1.807, 2.05) is 29.2 Å². The maximum atomic E-state index is 12.8. The number of hydrogen-bond acceptors (Lipinski definition) is 2. The summed E-state index contributed by atoms with van der Waals surface area (Å²) in [7, 11) is 0. The van der Waals surface area contributed by atoms with Crippen molar-refractivity contribution in [2.45, 2.75) is 37.8 Å². The fraction of sp³-hybridized carbons (Fsp3) is 0.333. The molecule has 1 heterocycles. The molecule has 0 spiro atoms. The van der Waals surface area contributed by atoms with E-state index in [2.05, 4.69) is 10.6 Å². The number of carbonyl (C=O) groups is 2. The maximum Gasteiger partial charge on any atom is 0.322 e. The number of benzene rings is 2. The summed E-state index contributed by atoms with van der Waals surface area (Å²) in [5.74, 6) is -0.0593. The second-order valence-corrected chi connectivity index (χ2v) is 7.60.